The minimum Gasteiger partial charge on any atom is -0.368 e. The van der Waals surface area contributed by atoms with Gasteiger partial charge < -0.3 is 10.6 Å². The Hall–Kier alpha value is -2.63. The van der Waals surface area contributed by atoms with Crippen molar-refractivity contribution in [1.82, 2.24) is 14.7 Å². The lowest BCUT2D eigenvalue weighted by Crippen LogP contribution is -2.51. The molecule has 0 aliphatic carbocycles. The maximum absolute atomic E-state index is 12.9. The molecular weight excluding hydrogens is 304 g/mol. The highest BCUT2D eigenvalue weighted by atomic mass is 16.2. The van der Waals surface area contributed by atoms with Crippen LogP contribution in [-0.4, -0.2) is 32.5 Å². The largest absolute Gasteiger partial charge is 0.368 e. The first kappa shape index (κ1) is 16.2. The van der Waals surface area contributed by atoms with Crippen molar-refractivity contribution >= 4 is 11.8 Å². The predicted molar refractivity (Wildman–Crippen MR) is 90.1 cm³/mol. The summed E-state index contributed by atoms with van der Waals surface area (Å²) in [5.41, 5.74) is 10.4. The Balaban J connectivity index is 1.88. The molecule has 0 saturated heterocycles. The first-order chi connectivity index (χ1) is 11.4. The van der Waals surface area contributed by atoms with Gasteiger partial charge >= 0.3 is 0 Å². The summed E-state index contributed by atoms with van der Waals surface area (Å²) in [7, 11) is 1.86. The van der Waals surface area contributed by atoms with Crippen molar-refractivity contribution in [2.75, 3.05) is 0 Å². The van der Waals surface area contributed by atoms with Gasteiger partial charge in [0.05, 0.1) is 12.1 Å². The lowest BCUT2D eigenvalue weighted by molar-refractivity contribution is -0.140. The van der Waals surface area contributed by atoms with Crippen LogP contribution in [-0.2, 0) is 36.0 Å². The molecule has 1 aromatic carbocycles. The summed E-state index contributed by atoms with van der Waals surface area (Å²) in [4.78, 5) is 26.4. The molecule has 6 nitrogen and oxygen atoms in total. The van der Waals surface area contributed by atoms with E-state index in [2.05, 4.69) is 5.10 Å². The van der Waals surface area contributed by atoms with Gasteiger partial charge in [-0.05, 0) is 25.0 Å². The minimum absolute atomic E-state index is 0.0903. The summed E-state index contributed by atoms with van der Waals surface area (Å²) in [6.07, 6.45) is 0.708. The topological polar surface area (TPSA) is 81.2 Å². The second kappa shape index (κ2) is 6.11. The van der Waals surface area contributed by atoms with E-state index in [1.807, 2.05) is 45.2 Å². The monoisotopic (exact) mass is 326 g/mol. The maximum atomic E-state index is 12.9. The quantitative estimate of drug-likeness (QED) is 0.914. The highest BCUT2D eigenvalue weighted by Gasteiger charge is 2.33. The Morgan fingerprint density at radius 3 is 2.50 bits per heavy atom. The van der Waals surface area contributed by atoms with E-state index in [0.29, 0.717) is 13.0 Å². The zero-order valence-electron chi connectivity index (χ0n) is 14.2. The lowest BCUT2D eigenvalue weighted by Gasteiger charge is -2.35. The van der Waals surface area contributed by atoms with E-state index < -0.39 is 11.9 Å². The SMILES string of the molecule is Cc1nn(C)c(C)c1CC(=O)N1Cc2ccccc2C[C@@H]1C(N)=O. The Kier molecular flexibility index (Phi) is 4.13. The molecule has 0 radical (unpaired) electrons. The van der Waals surface area contributed by atoms with Crippen molar-refractivity contribution in [2.24, 2.45) is 12.8 Å². The second-order valence-electron chi connectivity index (χ2n) is 6.36. The van der Waals surface area contributed by atoms with Gasteiger partial charge in [-0.15, -0.1) is 0 Å². The smallest absolute Gasteiger partial charge is 0.240 e. The number of aryl methyl sites for hydroxylation is 2. The van der Waals surface area contributed by atoms with Crippen LogP contribution in [0.2, 0.25) is 0 Å². The van der Waals surface area contributed by atoms with Crippen LogP contribution in [0, 0.1) is 13.8 Å². The molecule has 6 heteroatoms. The van der Waals surface area contributed by atoms with E-state index in [4.69, 9.17) is 5.73 Å². The Morgan fingerprint density at radius 2 is 1.92 bits per heavy atom. The first-order valence-corrected chi connectivity index (χ1v) is 8.03. The van der Waals surface area contributed by atoms with Crippen molar-refractivity contribution < 1.29 is 9.59 Å². The number of benzene rings is 1. The maximum Gasteiger partial charge on any atom is 0.240 e. The van der Waals surface area contributed by atoms with Gasteiger partial charge in [-0.2, -0.15) is 5.10 Å². The number of fused-ring (bicyclic) bond motifs is 1. The van der Waals surface area contributed by atoms with Gasteiger partial charge in [0.1, 0.15) is 6.04 Å². The van der Waals surface area contributed by atoms with E-state index in [-0.39, 0.29) is 12.3 Å². The number of primary amides is 1. The zero-order chi connectivity index (χ0) is 17.4. The van der Waals surface area contributed by atoms with E-state index in [1.165, 1.54) is 0 Å². The Bertz CT molecular complexity index is 809. The van der Waals surface area contributed by atoms with Gasteiger partial charge in [-0.1, -0.05) is 24.3 Å². The molecule has 1 aliphatic rings. The van der Waals surface area contributed by atoms with E-state index in [9.17, 15) is 9.59 Å². The average molecular weight is 326 g/mol. The number of nitrogens with zero attached hydrogens (tertiary/aromatic N) is 3. The first-order valence-electron chi connectivity index (χ1n) is 8.03. The molecule has 0 unspecified atom stereocenters. The third-order valence-electron chi connectivity index (χ3n) is 4.88. The Labute approximate surface area is 141 Å². The Morgan fingerprint density at radius 1 is 1.25 bits per heavy atom. The van der Waals surface area contributed by atoms with Crippen molar-refractivity contribution in [2.45, 2.75) is 39.3 Å². The molecule has 0 fully saturated rings. The number of carbonyl (C=O) groups excluding carboxylic acids is 2. The molecule has 2 aromatic rings. The molecule has 0 spiro atoms. The van der Waals surface area contributed by atoms with E-state index in [0.717, 1.165) is 28.1 Å². The van der Waals surface area contributed by atoms with Crippen molar-refractivity contribution in [3.05, 3.63) is 52.3 Å². The predicted octanol–water partition coefficient (Wildman–Crippen LogP) is 1.02. The number of rotatable bonds is 3. The van der Waals surface area contributed by atoms with Crippen LogP contribution in [0.25, 0.3) is 0 Å². The molecule has 0 bridgehead atoms. The molecule has 0 saturated carbocycles. The number of amides is 2. The highest BCUT2D eigenvalue weighted by Crippen LogP contribution is 2.24. The van der Waals surface area contributed by atoms with Crippen LogP contribution >= 0.6 is 0 Å². The second-order valence-corrected chi connectivity index (χ2v) is 6.36. The molecular formula is C18H22N4O2. The van der Waals surface area contributed by atoms with Crippen LogP contribution in [0.5, 0.6) is 0 Å². The molecule has 126 valence electrons. The molecule has 3 rings (SSSR count). The van der Waals surface area contributed by atoms with E-state index >= 15 is 0 Å². The molecule has 24 heavy (non-hydrogen) atoms. The van der Waals surface area contributed by atoms with Gasteiger partial charge in [0.25, 0.3) is 0 Å². The molecule has 1 aliphatic heterocycles. The summed E-state index contributed by atoms with van der Waals surface area (Å²) >= 11 is 0. The summed E-state index contributed by atoms with van der Waals surface area (Å²) < 4.78 is 1.77. The number of aromatic nitrogens is 2. The van der Waals surface area contributed by atoms with Crippen molar-refractivity contribution in [3.63, 3.8) is 0 Å². The van der Waals surface area contributed by atoms with Gasteiger partial charge in [-0.25, -0.2) is 0 Å². The van der Waals surface area contributed by atoms with E-state index in [1.54, 1.807) is 9.58 Å². The number of hydrogen-bond donors (Lipinski definition) is 1. The molecule has 2 N–H and O–H groups in total. The number of hydrogen-bond acceptors (Lipinski definition) is 3. The van der Waals surface area contributed by atoms with Gasteiger partial charge in [-0.3, -0.25) is 14.3 Å². The van der Waals surface area contributed by atoms with Crippen LogP contribution < -0.4 is 5.73 Å². The normalized spacial score (nSPS) is 16.8. The van der Waals surface area contributed by atoms with Crippen molar-refractivity contribution in [3.8, 4) is 0 Å². The van der Waals surface area contributed by atoms with Gasteiger partial charge in [0.2, 0.25) is 11.8 Å². The summed E-state index contributed by atoms with van der Waals surface area (Å²) in [5, 5.41) is 4.35. The highest BCUT2D eigenvalue weighted by molar-refractivity contribution is 5.88. The van der Waals surface area contributed by atoms with Gasteiger partial charge in [0, 0.05) is 31.3 Å². The average Bonchev–Trinajstić information content (AvgIpc) is 2.79. The standard InChI is InChI=1S/C18H22N4O2/c1-11-15(12(2)21(3)20-11)9-17(23)22-10-14-7-5-4-6-13(14)8-16(22)18(19)24/h4-7,16H,8-10H2,1-3H3,(H2,19,24)/t16-/m1/s1. The molecule has 1 aromatic heterocycles. The fourth-order valence-electron chi connectivity index (χ4n) is 3.37. The number of nitrogens with two attached hydrogens (primary N) is 1. The fraction of sp³-hybridized carbons (Fsp3) is 0.389. The van der Waals surface area contributed by atoms with Crippen LogP contribution in [0.4, 0.5) is 0 Å². The van der Waals surface area contributed by atoms with Crippen LogP contribution in [0.1, 0.15) is 28.1 Å². The van der Waals surface area contributed by atoms with Crippen LogP contribution in [0.15, 0.2) is 24.3 Å². The molecule has 2 heterocycles. The fourth-order valence-corrected chi connectivity index (χ4v) is 3.37. The third kappa shape index (κ3) is 2.79. The molecule has 2 amide bonds. The summed E-state index contributed by atoms with van der Waals surface area (Å²) in [6, 6.07) is 7.28. The summed E-state index contributed by atoms with van der Waals surface area (Å²) in [5.74, 6) is -0.551. The molecule has 1 atom stereocenters. The lowest BCUT2D eigenvalue weighted by atomic mass is 9.93. The van der Waals surface area contributed by atoms with Gasteiger partial charge in [0.15, 0.2) is 0 Å². The zero-order valence-corrected chi connectivity index (χ0v) is 14.2. The van der Waals surface area contributed by atoms with Crippen molar-refractivity contribution in [1.29, 1.82) is 0 Å². The minimum atomic E-state index is -0.593. The number of carbonyl (C=O) groups is 2. The third-order valence-corrected chi connectivity index (χ3v) is 4.88. The summed E-state index contributed by atoms with van der Waals surface area (Å²) in [6.45, 7) is 4.26. The van der Waals surface area contributed by atoms with Crippen LogP contribution in [0.3, 0.4) is 0 Å².